The van der Waals surface area contributed by atoms with E-state index in [0.29, 0.717) is 11.8 Å². The normalized spacial score (nSPS) is 33.6. The molecular weight excluding hydrogens is 208 g/mol. The van der Waals surface area contributed by atoms with Crippen LogP contribution in [-0.4, -0.2) is 10.7 Å². The largest absolute Gasteiger partial charge is 0.390 e. The lowest BCUT2D eigenvalue weighted by molar-refractivity contribution is -0.0305. The Kier molecular flexibility index (Phi) is 3.58. The van der Waals surface area contributed by atoms with Gasteiger partial charge in [-0.05, 0) is 49.1 Å². The lowest BCUT2D eigenvalue weighted by atomic mass is 9.71. The molecule has 17 heavy (non-hydrogen) atoms. The van der Waals surface area contributed by atoms with E-state index < -0.39 is 5.60 Å². The molecule has 0 bridgehead atoms. The average molecular weight is 232 g/mol. The molecule has 1 nitrogen and oxygen atoms in total. The van der Waals surface area contributed by atoms with Gasteiger partial charge < -0.3 is 5.11 Å². The van der Waals surface area contributed by atoms with E-state index >= 15 is 0 Å². The minimum Gasteiger partial charge on any atom is -0.390 e. The maximum Gasteiger partial charge on any atom is 0.0693 e. The monoisotopic (exact) mass is 232 g/mol. The van der Waals surface area contributed by atoms with Crippen molar-refractivity contribution < 1.29 is 5.11 Å². The lowest BCUT2D eigenvalue weighted by Gasteiger charge is -2.39. The van der Waals surface area contributed by atoms with Crippen LogP contribution in [0.1, 0.15) is 44.2 Å². The molecule has 94 valence electrons. The molecule has 1 saturated carbocycles. The van der Waals surface area contributed by atoms with Gasteiger partial charge in [-0.2, -0.15) is 0 Å². The van der Waals surface area contributed by atoms with E-state index in [-0.39, 0.29) is 0 Å². The Hall–Kier alpha value is -0.820. The summed E-state index contributed by atoms with van der Waals surface area (Å²) in [6, 6.07) is 8.42. The molecular formula is C16H24O. The molecule has 1 heteroatoms. The molecule has 0 aromatic heterocycles. The van der Waals surface area contributed by atoms with Crippen molar-refractivity contribution in [3.8, 4) is 0 Å². The number of aryl methyl sites for hydroxylation is 1. The summed E-state index contributed by atoms with van der Waals surface area (Å²) in [5.41, 5.74) is 2.12. The van der Waals surface area contributed by atoms with E-state index in [0.717, 1.165) is 19.3 Å². The zero-order chi connectivity index (χ0) is 12.5. The maximum absolute atomic E-state index is 10.8. The van der Waals surface area contributed by atoms with Crippen molar-refractivity contribution in [1.29, 1.82) is 0 Å². The summed E-state index contributed by atoms with van der Waals surface area (Å²) >= 11 is 0. The fourth-order valence-corrected chi connectivity index (χ4v) is 3.54. The molecule has 1 aliphatic rings. The van der Waals surface area contributed by atoms with Gasteiger partial charge in [-0.1, -0.05) is 38.1 Å². The molecule has 0 aliphatic heterocycles. The zero-order valence-corrected chi connectivity index (χ0v) is 11.2. The Morgan fingerprint density at radius 1 is 1.18 bits per heavy atom. The number of hydrogen-bond acceptors (Lipinski definition) is 1. The first-order chi connectivity index (χ1) is 7.98. The summed E-state index contributed by atoms with van der Waals surface area (Å²) in [7, 11) is 0. The van der Waals surface area contributed by atoms with Gasteiger partial charge in [0.1, 0.15) is 0 Å². The van der Waals surface area contributed by atoms with Crippen molar-refractivity contribution in [3.05, 3.63) is 35.4 Å². The van der Waals surface area contributed by atoms with Crippen LogP contribution in [0.3, 0.4) is 0 Å². The van der Waals surface area contributed by atoms with Crippen molar-refractivity contribution in [2.24, 2.45) is 11.8 Å². The van der Waals surface area contributed by atoms with Crippen LogP contribution < -0.4 is 0 Å². The maximum atomic E-state index is 10.8. The van der Waals surface area contributed by atoms with E-state index in [2.05, 4.69) is 45.0 Å². The smallest absolute Gasteiger partial charge is 0.0693 e. The van der Waals surface area contributed by atoms with Crippen molar-refractivity contribution in [2.75, 3.05) is 0 Å². The second-order valence-electron chi connectivity index (χ2n) is 6.18. The van der Waals surface area contributed by atoms with Gasteiger partial charge in [0, 0.05) is 6.42 Å². The van der Waals surface area contributed by atoms with Gasteiger partial charge in [-0.15, -0.1) is 0 Å². The van der Waals surface area contributed by atoms with Crippen LogP contribution in [0.15, 0.2) is 24.3 Å². The van der Waals surface area contributed by atoms with Crippen LogP contribution in [0.25, 0.3) is 0 Å². The van der Waals surface area contributed by atoms with Gasteiger partial charge in [-0.3, -0.25) is 0 Å². The van der Waals surface area contributed by atoms with Gasteiger partial charge in [0.25, 0.3) is 0 Å². The molecule has 1 N–H and O–H groups in total. The highest BCUT2D eigenvalue weighted by Crippen LogP contribution is 2.38. The zero-order valence-electron chi connectivity index (χ0n) is 11.2. The van der Waals surface area contributed by atoms with Crippen LogP contribution in [0.4, 0.5) is 0 Å². The standard InChI is InChI=1S/C16H24O/c1-12-8-13(2)10-16(17,9-12)11-15-7-5-4-6-14(15)3/h4-7,12-13,17H,8-11H2,1-3H3. The van der Waals surface area contributed by atoms with Gasteiger partial charge in [0.2, 0.25) is 0 Å². The van der Waals surface area contributed by atoms with Crippen molar-refractivity contribution in [2.45, 2.75) is 52.1 Å². The summed E-state index contributed by atoms with van der Waals surface area (Å²) in [5, 5.41) is 10.8. The Morgan fingerprint density at radius 2 is 1.76 bits per heavy atom. The Balaban J connectivity index is 2.14. The topological polar surface area (TPSA) is 20.2 Å². The average Bonchev–Trinajstić information content (AvgIpc) is 2.19. The van der Waals surface area contributed by atoms with Crippen LogP contribution in [0.2, 0.25) is 0 Å². The molecule has 2 unspecified atom stereocenters. The Morgan fingerprint density at radius 3 is 2.35 bits per heavy atom. The first kappa shape index (κ1) is 12.6. The molecule has 2 atom stereocenters. The molecule has 0 saturated heterocycles. The highest BCUT2D eigenvalue weighted by Gasteiger charge is 2.36. The second-order valence-corrected chi connectivity index (χ2v) is 6.18. The van der Waals surface area contributed by atoms with Crippen molar-refractivity contribution >= 4 is 0 Å². The minimum atomic E-state index is -0.483. The lowest BCUT2D eigenvalue weighted by Crippen LogP contribution is -2.40. The SMILES string of the molecule is Cc1ccccc1CC1(O)CC(C)CC(C)C1. The second kappa shape index (κ2) is 4.81. The van der Waals surface area contributed by atoms with Crippen LogP contribution >= 0.6 is 0 Å². The quantitative estimate of drug-likeness (QED) is 0.824. The Labute approximate surface area is 105 Å². The third-order valence-corrected chi connectivity index (χ3v) is 4.04. The number of hydrogen-bond donors (Lipinski definition) is 1. The fourth-order valence-electron chi connectivity index (χ4n) is 3.54. The van der Waals surface area contributed by atoms with E-state index in [4.69, 9.17) is 0 Å². The van der Waals surface area contributed by atoms with E-state index in [1.54, 1.807) is 0 Å². The molecule has 0 spiro atoms. The van der Waals surface area contributed by atoms with Crippen LogP contribution in [0.5, 0.6) is 0 Å². The number of benzene rings is 1. The highest BCUT2D eigenvalue weighted by molar-refractivity contribution is 5.27. The molecule has 1 aromatic carbocycles. The third kappa shape index (κ3) is 3.10. The van der Waals surface area contributed by atoms with Gasteiger partial charge in [-0.25, -0.2) is 0 Å². The van der Waals surface area contributed by atoms with E-state index in [1.165, 1.54) is 17.5 Å². The first-order valence-corrected chi connectivity index (χ1v) is 6.75. The Bertz CT molecular complexity index is 373. The van der Waals surface area contributed by atoms with Gasteiger partial charge in [0.05, 0.1) is 5.60 Å². The van der Waals surface area contributed by atoms with E-state index in [1.807, 2.05) is 0 Å². The first-order valence-electron chi connectivity index (χ1n) is 6.75. The highest BCUT2D eigenvalue weighted by atomic mass is 16.3. The molecule has 1 aliphatic carbocycles. The minimum absolute atomic E-state index is 0.483. The fraction of sp³-hybridized carbons (Fsp3) is 0.625. The summed E-state index contributed by atoms with van der Waals surface area (Å²) in [6.45, 7) is 6.66. The molecule has 0 radical (unpaired) electrons. The summed E-state index contributed by atoms with van der Waals surface area (Å²) in [5.74, 6) is 1.29. The molecule has 2 rings (SSSR count). The number of aliphatic hydroxyl groups is 1. The van der Waals surface area contributed by atoms with Crippen molar-refractivity contribution in [3.63, 3.8) is 0 Å². The van der Waals surface area contributed by atoms with Crippen molar-refractivity contribution in [1.82, 2.24) is 0 Å². The summed E-state index contributed by atoms with van der Waals surface area (Å²) in [6.07, 6.45) is 3.97. The predicted molar refractivity (Wildman–Crippen MR) is 72.0 cm³/mol. The molecule has 1 fully saturated rings. The van der Waals surface area contributed by atoms with Gasteiger partial charge in [0.15, 0.2) is 0 Å². The predicted octanol–water partition coefficient (Wildman–Crippen LogP) is 3.72. The van der Waals surface area contributed by atoms with Crippen LogP contribution in [-0.2, 0) is 6.42 Å². The summed E-state index contributed by atoms with van der Waals surface area (Å²) < 4.78 is 0. The van der Waals surface area contributed by atoms with E-state index in [9.17, 15) is 5.11 Å². The summed E-state index contributed by atoms with van der Waals surface area (Å²) in [4.78, 5) is 0. The van der Waals surface area contributed by atoms with Crippen LogP contribution in [0, 0.1) is 18.8 Å². The van der Waals surface area contributed by atoms with Gasteiger partial charge >= 0.3 is 0 Å². The third-order valence-electron chi connectivity index (χ3n) is 4.04. The molecule has 0 amide bonds. The number of rotatable bonds is 2. The molecule has 1 aromatic rings. The molecule has 0 heterocycles.